The molecule has 3 aromatic rings. The van der Waals surface area contributed by atoms with Crippen LogP contribution in [-0.2, 0) is 17.8 Å². The lowest BCUT2D eigenvalue weighted by molar-refractivity contribution is -0.121. The van der Waals surface area contributed by atoms with Crippen LogP contribution in [0.2, 0.25) is 0 Å². The molecule has 0 aliphatic carbocycles. The van der Waals surface area contributed by atoms with Crippen LogP contribution >= 0.6 is 0 Å². The van der Waals surface area contributed by atoms with Gasteiger partial charge in [-0.25, -0.2) is 4.98 Å². The molecule has 4 nitrogen and oxygen atoms in total. The van der Waals surface area contributed by atoms with Gasteiger partial charge in [0.15, 0.2) is 0 Å². The topological polar surface area (TPSA) is 46.9 Å². The summed E-state index contributed by atoms with van der Waals surface area (Å²) in [5.41, 5.74) is 9.02. The second-order valence-electron chi connectivity index (χ2n) is 8.05. The summed E-state index contributed by atoms with van der Waals surface area (Å²) in [5.74, 6) is 1.23. The Morgan fingerprint density at radius 1 is 1.07 bits per heavy atom. The number of aromatic nitrogens is 2. The van der Waals surface area contributed by atoms with Crippen LogP contribution in [0.1, 0.15) is 59.8 Å². The van der Waals surface area contributed by atoms with E-state index in [0.29, 0.717) is 13.0 Å². The van der Waals surface area contributed by atoms with Crippen molar-refractivity contribution in [1.82, 2.24) is 14.9 Å². The Morgan fingerprint density at radius 3 is 2.45 bits per heavy atom. The summed E-state index contributed by atoms with van der Waals surface area (Å²) in [6.45, 7) is 12.4. The van der Waals surface area contributed by atoms with Gasteiger partial charge in [0.05, 0.1) is 11.0 Å². The predicted octanol–water partition coefficient (Wildman–Crippen LogP) is 5.17. The van der Waals surface area contributed by atoms with Gasteiger partial charge in [-0.15, -0.1) is 0 Å². The number of imidazole rings is 1. The molecule has 1 amide bonds. The molecule has 0 saturated carbocycles. The molecule has 0 atom stereocenters. The molecular weight excluding hydrogens is 358 g/mol. The number of nitrogens with one attached hydrogen (secondary N) is 1. The Hall–Kier alpha value is -2.62. The highest BCUT2D eigenvalue weighted by molar-refractivity contribution is 5.76. The molecule has 0 fully saturated rings. The van der Waals surface area contributed by atoms with Gasteiger partial charge < -0.3 is 9.88 Å². The van der Waals surface area contributed by atoms with Crippen LogP contribution < -0.4 is 5.32 Å². The normalized spacial score (nSPS) is 11.2. The molecule has 0 aliphatic heterocycles. The predicted molar refractivity (Wildman–Crippen MR) is 120 cm³/mol. The van der Waals surface area contributed by atoms with Crippen molar-refractivity contribution in [2.45, 2.75) is 66.8 Å². The smallest absolute Gasteiger partial charge is 0.219 e. The standard InChI is InChI=1S/C25H33N3O/c1-6-10-25(29)26-14-9-13-24-27-22-11-7-8-12-23(22)28(24)16-21-19(4)17(2)15-18(3)20(21)5/h7-8,11-12,15H,6,9-10,13-14,16H2,1-5H3,(H,26,29). The maximum atomic E-state index is 11.7. The lowest BCUT2D eigenvalue weighted by atomic mass is 9.94. The maximum absolute atomic E-state index is 11.7. The minimum atomic E-state index is 0.141. The van der Waals surface area contributed by atoms with Crippen LogP contribution in [0.5, 0.6) is 0 Å². The van der Waals surface area contributed by atoms with Crippen LogP contribution in [0.3, 0.4) is 0 Å². The highest BCUT2D eigenvalue weighted by Gasteiger charge is 2.15. The summed E-state index contributed by atoms with van der Waals surface area (Å²) in [6, 6.07) is 10.6. The Kier molecular flexibility index (Phi) is 6.73. The lowest BCUT2D eigenvalue weighted by Crippen LogP contribution is -2.24. The van der Waals surface area contributed by atoms with E-state index in [4.69, 9.17) is 4.98 Å². The third kappa shape index (κ3) is 4.69. The first-order valence-corrected chi connectivity index (χ1v) is 10.7. The van der Waals surface area contributed by atoms with Gasteiger partial charge in [-0.1, -0.05) is 25.1 Å². The number of carbonyl (C=O) groups is 1. The highest BCUT2D eigenvalue weighted by atomic mass is 16.1. The van der Waals surface area contributed by atoms with E-state index in [2.05, 4.69) is 61.8 Å². The van der Waals surface area contributed by atoms with E-state index in [-0.39, 0.29) is 5.91 Å². The summed E-state index contributed by atoms with van der Waals surface area (Å²) in [6.07, 6.45) is 3.23. The summed E-state index contributed by atoms with van der Waals surface area (Å²) in [5, 5.41) is 3.01. The SMILES string of the molecule is CCCC(=O)NCCCc1nc2ccccc2n1Cc1c(C)c(C)cc(C)c1C. The van der Waals surface area contributed by atoms with Crippen molar-refractivity contribution in [1.29, 1.82) is 0 Å². The summed E-state index contributed by atoms with van der Waals surface area (Å²) < 4.78 is 2.36. The second-order valence-corrected chi connectivity index (χ2v) is 8.05. The second kappa shape index (κ2) is 9.25. The van der Waals surface area contributed by atoms with Crippen molar-refractivity contribution in [3.63, 3.8) is 0 Å². The van der Waals surface area contributed by atoms with Gasteiger partial charge in [-0.05, 0) is 80.5 Å². The lowest BCUT2D eigenvalue weighted by Gasteiger charge is -2.18. The van der Waals surface area contributed by atoms with E-state index in [1.807, 2.05) is 13.0 Å². The molecule has 0 spiro atoms. The summed E-state index contributed by atoms with van der Waals surface area (Å²) in [7, 11) is 0. The number of hydrogen-bond donors (Lipinski definition) is 1. The fraction of sp³-hybridized carbons (Fsp3) is 0.440. The first-order chi connectivity index (χ1) is 13.9. The zero-order valence-corrected chi connectivity index (χ0v) is 18.4. The van der Waals surface area contributed by atoms with E-state index in [0.717, 1.165) is 37.1 Å². The van der Waals surface area contributed by atoms with Gasteiger partial charge in [0.25, 0.3) is 0 Å². The molecule has 0 radical (unpaired) electrons. The van der Waals surface area contributed by atoms with Gasteiger partial charge in [0.1, 0.15) is 5.82 Å². The molecule has 3 rings (SSSR count). The molecule has 1 heterocycles. The number of fused-ring (bicyclic) bond motifs is 1. The average molecular weight is 392 g/mol. The Morgan fingerprint density at radius 2 is 1.76 bits per heavy atom. The average Bonchev–Trinajstić information content (AvgIpc) is 3.04. The van der Waals surface area contributed by atoms with Gasteiger partial charge in [0, 0.05) is 25.9 Å². The monoisotopic (exact) mass is 391 g/mol. The number of para-hydroxylation sites is 2. The number of hydrogen-bond acceptors (Lipinski definition) is 2. The van der Waals surface area contributed by atoms with Gasteiger partial charge in [0.2, 0.25) is 5.91 Å². The third-order valence-corrected chi connectivity index (χ3v) is 5.95. The van der Waals surface area contributed by atoms with Crippen LogP contribution in [0.15, 0.2) is 30.3 Å². The van der Waals surface area contributed by atoms with Crippen molar-refractivity contribution in [2.75, 3.05) is 6.54 Å². The van der Waals surface area contributed by atoms with Crippen LogP contribution in [0.25, 0.3) is 11.0 Å². The fourth-order valence-corrected chi connectivity index (χ4v) is 3.98. The number of amides is 1. The summed E-state index contributed by atoms with van der Waals surface area (Å²) in [4.78, 5) is 16.6. The molecule has 2 aromatic carbocycles. The first kappa shape index (κ1) is 21.1. The van der Waals surface area contributed by atoms with E-state index >= 15 is 0 Å². The zero-order chi connectivity index (χ0) is 21.0. The van der Waals surface area contributed by atoms with Crippen LogP contribution in [-0.4, -0.2) is 22.0 Å². The zero-order valence-electron chi connectivity index (χ0n) is 18.4. The number of benzene rings is 2. The van der Waals surface area contributed by atoms with E-state index in [1.54, 1.807) is 0 Å². The van der Waals surface area contributed by atoms with Crippen molar-refractivity contribution < 1.29 is 4.79 Å². The molecule has 1 N–H and O–H groups in total. The van der Waals surface area contributed by atoms with Gasteiger partial charge in [-0.3, -0.25) is 4.79 Å². The molecule has 0 unspecified atom stereocenters. The molecule has 0 aliphatic rings. The largest absolute Gasteiger partial charge is 0.356 e. The molecule has 1 aromatic heterocycles. The maximum Gasteiger partial charge on any atom is 0.219 e. The fourth-order valence-electron chi connectivity index (χ4n) is 3.98. The van der Waals surface area contributed by atoms with Crippen molar-refractivity contribution in [2.24, 2.45) is 0 Å². The number of rotatable bonds is 8. The van der Waals surface area contributed by atoms with Crippen LogP contribution in [0.4, 0.5) is 0 Å². The Labute approximate surface area is 174 Å². The van der Waals surface area contributed by atoms with Gasteiger partial charge >= 0.3 is 0 Å². The van der Waals surface area contributed by atoms with Crippen molar-refractivity contribution >= 4 is 16.9 Å². The number of carbonyl (C=O) groups excluding carboxylic acids is 1. The number of aryl methyl sites for hydroxylation is 3. The van der Waals surface area contributed by atoms with E-state index in [9.17, 15) is 4.79 Å². The molecular formula is C25H33N3O. The number of nitrogens with zero attached hydrogens (tertiary/aromatic N) is 2. The third-order valence-electron chi connectivity index (χ3n) is 5.95. The highest BCUT2D eigenvalue weighted by Crippen LogP contribution is 2.25. The van der Waals surface area contributed by atoms with Crippen molar-refractivity contribution in [3.05, 3.63) is 64.0 Å². The Balaban J connectivity index is 1.88. The van der Waals surface area contributed by atoms with Gasteiger partial charge in [-0.2, -0.15) is 0 Å². The Bertz CT molecular complexity index is 990. The van der Waals surface area contributed by atoms with E-state index < -0.39 is 0 Å². The molecule has 0 saturated heterocycles. The molecule has 4 heteroatoms. The van der Waals surface area contributed by atoms with Crippen LogP contribution in [0, 0.1) is 27.7 Å². The molecule has 29 heavy (non-hydrogen) atoms. The van der Waals surface area contributed by atoms with E-state index in [1.165, 1.54) is 33.3 Å². The molecule has 154 valence electrons. The minimum absolute atomic E-state index is 0.141. The molecule has 0 bridgehead atoms. The minimum Gasteiger partial charge on any atom is -0.356 e. The summed E-state index contributed by atoms with van der Waals surface area (Å²) >= 11 is 0. The first-order valence-electron chi connectivity index (χ1n) is 10.7. The quantitative estimate of drug-likeness (QED) is 0.539. The van der Waals surface area contributed by atoms with Crippen molar-refractivity contribution in [3.8, 4) is 0 Å².